The number of esters is 1. The fourth-order valence-electron chi connectivity index (χ4n) is 1.81. The molecule has 7 nitrogen and oxygen atoms in total. The quantitative estimate of drug-likeness (QED) is 0.479. The first-order valence-corrected chi connectivity index (χ1v) is 6.31. The van der Waals surface area contributed by atoms with Crippen molar-refractivity contribution in [1.29, 1.82) is 0 Å². The number of methoxy groups -OCH3 is 1. The number of benzene rings is 1. The maximum atomic E-state index is 12.9. The molecule has 0 spiro atoms. The highest BCUT2D eigenvalue weighted by Gasteiger charge is 2.35. The Balaban J connectivity index is 2.45. The smallest absolute Gasteiger partial charge is 0.421 e. The van der Waals surface area contributed by atoms with Crippen molar-refractivity contribution in [3.8, 4) is 11.6 Å². The third-order valence-corrected chi connectivity index (χ3v) is 2.86. The molecule has 0 bridgehead atoms. The summed E-state index contributed by atoms with van der Waals surface area (Å²) in [7, 11) is 1.01. The number of alkyl halides is 3. The van der Waals surface area contributed by atoms with Crippen molar-refractivity contribution in [1.82, 2.24) is 4.98 Å². The van der Waals surface area contributed by atoms with Gasteiger partial charge in [-0.1, -0.05) is 0 Å². The molecule has 0 saturated heterocycles. The first kappa shape index (κ1) is 17.2. The molecule has 0 N–H and O–H groups in total. The molecule has 0 radical (unpaired) electrons. The lowest BCUT2D eigenvalue weighted by molar-refractivity contribution is -0.385. The van der Waals surface area contributed by atoms with Crippen LogP contribution in [0.5, 0.6) is 11.6 Å². The minimum Gasteiger partial charge on any atom is -0.465 e. The zero-order valence-corrected chi connectivity index (χ0v) is 12.0. The molecular weight excluding hydrogens is 333 g/mol. The van der Waals surface area contributed by atoms with E-state index in [-0.39, 0.29) is 5.75 Å². The van der Waals surface area contributed by atoms with Gasteiger partial charge in [-0.25, -0.2) is 9.78 Å². The van der Waals surface area contributed by atoms with Gasteiger partial charge in [0, 0.05) is 18.3 Å². The topological polar surface area (TPSA) is 91.6 Å². The molecule has 10 heteroatoms. The first-order valence-electron chi connectivity index (χ1n) is 6.31. The fourth-order valence-corrected chi connectivity index (χ4v) is 1.81. The molecule has 1 aromatic carbocycles. The van der Waals surface area contributed by atoms with Crippen LogP contribution in [-0.2, 0) is 10.9 Å². The van der Waals surface area contributed by atoms with E-state index in [0.29, 0.717) is 0 Å². The number of ether oxygens (including phenoxy) is 2. The van der Waals surface area contributed by atoms with Gasteiger partial charge < -0.3 is 9.47 Å². The third-order valence-electron chi connectivity index (χ3n) is 2.86. The van der Waals surface area contributed by atoms with Crippen molar-refractivity contribution in [3.05, 3.63) is 57.8 Å². The standard InChI is InChI=1S/C14H9F3N2O5/c1-23-13(20)9-7-8(4-5-11(9)19(21)22)24-12-10(14(15,16)17)3-2-6-18-12/h2-7H,1H3. The predicted octanol–water partition coefficient (Wildman–Crippen LogP) is 3.59. The van der Waals surface area contributed by atoms with E-state index in [1.807, 2.05) is 0 Å². The number of nitro groups is 1. The average Bonchev–Trinajstić information content (AvgIpc) is 2.53. The Labute approximate surface area is 132 Å². The van der Waals surface area contributed by atoms with Crippen LogP contribution < -0.4 is 4.74 Å². The summed E-state index contributed by atoms with van der Waals surface area (Å²) in [5.74, 6) is -2.00. The van der Waals surface area contributed by atoms with E-state index in [4.69, 9.17) is 4.74 Å². The van der Waals surface area contributed by atoms with E-state index >= 15 is 0 Å². The van der Waals surface area contributed by atoms with E-state index in [1.54, 1.807) is 0 Å². The van der Waals surface area contributed by atoms with E-state index < -0.39 is 39.8 Å². The summed E-state index contributed by atoms with van der Waals surface area (Å²) in [5, 5.41) is 10.9. The van der Waals surface area contributed by atoms with Crippen LogP contribution in [0.4, 0.5) is 18.9 Å². The number of hydrogen-bond acceptors (Lipinski definition) is 6. The molecule has 0 aliphatic carbocycles. The number of pyridine rings is 1. The third kappa shape index (κ3) is 3.59. The summed E-state index contributed by atoms with van der Waals surface area (Å²) < 4.78 is 48.2. The van der Waals surface area contributed by atoms with Crippen molar-refractivity contribution in [3.63, 3.8) is 0 Å². The number of carbonyl (C=O) groups excluding carboxylic acids is 1. The Hall–Kier alpha value is -3.17. The second-order valence-corrected chi connectivity index (χ2v) is 4.38. The Morgan fingerprint density at radius 2 is 2.00 bits per heavy atom. The lowest BCUT2D eigenvalue weighted by Gasteiger charge is -2.12. The largest absolute Gasteiger partial charge is 0.465 e. The monoisotopic (exact) mass is 342 g/mol. The van der Waals surface area contributed by atoms with Crippen LogP contribution in [0, 0.1) is 10.1 Å². The van der Waals surface area contributed by atoms with E-state index in [2.05, 4.69) is 9.72 Å². The molecule has 0 fully saturated rings. The van der Waals surface area contributed by atoms with Crippen molar-refractivity contribution in [2.75, 3.05) is 7.11 Å². The van der Waals surface area contributed by atoms with Gasteiger partial charge in [-0.3, -0.25) is 10.1 Å². The maximum Gasteiger partial charge on any atom is 0.421 e. The zero-order valence-electron chi connectivity index (χ0n) is 12.0. The van der Waals surface area contributed by atoms with Crippen molar-refractivity contribution in [2.45, 2.75) is 6.18 Å². The number of aromatic nitrogens is 1. The van der Waals surface area contributed by atoms with Crippen molar-refractivity contribution in [2.24, 2.45) is 0 Å². The molecule has 0 aliphatic heterocycles. The molecule has 2 rings (SSSR count). The fraction of sp³-hybridized carbons (Fsp3) is 0.143. The van der Waals surface area contributed by atoms with Gasteiger partial charge in [0.25, 0.3) is 5.69 Å². The van der Waals surface area contributed by atoms with Gasteiger partial charge in [0.15, 0.2) is 0 Å². The first-order chi connectivity index (χ1) is 11.2. The normalized spacial score (nSPS) is 11.0. The Morgan fingerprint density at radius 1 is 1.29 bits per heavy atom. The van der Waals surface area contributed by atoms with Crippen molar-refractivity contribution >= 4 is 11.7 Å². The minimum atomic E-state index is -4.70. The maximum absolute atomic E-state index is 12.9. The summed E-state index contributed by atoms with van der Waals surface area (Å²) in [6.45, 7) is 0. The van der Waals surface area contributed by atoms with Crippen LogP contribution in [0.3, 0.4) is 0 Å². The lowest BCUT2D eigenvalue weighted by atomic mass is 10.1. The Morgan fingerprint density at radius 3 is 2.58 bits per heavy atom. The molecule has 0 amide bonds. The molecule has 0 saturated carbocycles. The summed E-state index contributed by atoms with van der Waals surface area (Å²) in [6, 6.07) is 4.76. The van der Waals surface area contributed by atoms with Gasteiger partial charge in [-0.15, -0.1) is 0 Å². The number of hydrogen-bond donors (Lipinski definition) is 0. The average molecular weight is 342 g/mol. The van der Waals surface area contributed by atoms with Crippen molar-refractivity contribution < 1.29 is 32.4 Å². The summed E-state index contributed by atoms with van der Waals surface area (Å²) in [4.78, 5) is 25.2. The highest BCUT2D eigenvalue weighted by molar-refractivity contribution is 5.94. The number of halogens is 3. The zero-order chi connectivity index (χ0) is 17.9. The lowest BCUT2D eigenvalue weighted by Crippen LogP contribution is -2.09. The molecular formula is C14H9F3N2O5. The second-order valence-electron chi connectivity index (χ2n) is 4.38. The number of nitro benzene ring substituents is 1. The predicted molar refractivity (Wildman–Crippen MR) is 73.7 cm³/mol. The van der Waals surface area contributed by atoms with E-state index in [0.717, 1.165) is 43.6 Å². The summed E-state index contributed by atoms with van der Waals surface area (Å²) >= 11 is 0. The van der Waals surface area contributed by atoms with Crippen LogP contribution >= 0.6 is 0 Å². The highest BCUT2D eigenvalue weighted by Crippen LogP contribution is 2.37. The van der Waals surface area contributed by atoms with Gasteiger partial charge in [0.2, 0.25) is 5.88 Å². The van der Waals surface area contributed by atoms with Gasteiger partial charge >= 0.3 is 12.1 Å². The summed E-state index contributed by atoms with van der Waals surface area (Å²) in [6.07, 6.45) is -3.60. The molecule has 126 valence electrons. The Kier molecular flexibility index (Phi) is 4.67. The molecule has 1 aromatic heterocycles. The molecule has 0 aliphatic rings. The molecule has 0 atom stereocenters. The number of rotatable bonds is 4. The number of carbonyl (C=O) groups is 1. The van der Waals surface area contributed by atoms with E-state index in [1.165, 1.54) is 0 Å². The molecule has 1 heterocycles. The minimum absolute atomic E-state index is 0.231. The van der Waals surface area contributed by atoms with Crippen LogP contribution in [-0.4, -0.2) is 23.0 Å². The van der Waals surface area contributed by atoms with Crippen LogP contribution in [0.1, 0.15) is 15.9 Å². The second kappa shape index (κ2) is 6.52. The van der Waals surface area contributed by atoms with Gasteiger partial charge in [0.05, 0.1) is 12.0 Å². The van der Waals surface area contributed by atoms with Crippen LogP contribution in [0.25, 0.3) is 0 Å². The van der Waals surface area contributed by atoms with Gasteiger partial charge in [-0.2, -0.15) is 13.2 Å². The SMILES string of the molecule is COC(=O)c1cc(Oc2ncccc2C(F)(F)F)ccc1[N+](=O)[O-]. The molecule has 24 heavy (non-hydrogen) atoms. The highest BCUT2D eigenvalue weighted by atomic mass is 19.4. The molecule has 2 aromatic rings. The summed E-state index contributed by atoms with van der Waals surface area (Å²) in [5.41, 5.74) is -2.14. The number of nitrogens with zero attached hydrogens (tertiary/aromatic N) is 2. The van der Waals surface area contributed by atoms with E-state index in [9.17, 15) is 28.1 Å². The van der Waals surface area contributed by atoms with Gasteiger partial charge in [0.1, 0.15) is 16.9 Å². The van der Waals surface area contributed by atoms with Gasteiger partial charge in [-0.05, 0) is 18.2 Å². The Bertz CT molecular complexity index is 792. The molecule has 0 unspecified atom stereocenters. The van der Waals surface area contributed by atoms with Crippen LogP contribution in [0.15, 0.2) is 36.5 Å². The van der Waals surface area contributed by atoms with Crippen LogP contribution in [0.2, 0.25) is 0 Å².